The lowest BCUT2D eigenvalue weighted by Gasteiger charge is -2.39. The molecule has 0 saturated carbocycles. The van der Waals surface area contributed by atoms with E-state index in [4.69, 9.17) is 23.2 Å². The maximum Gasteiger partial charge on any atom is 0.238 e. The lowest BCUT2D eigenvalue weighted by Crippen LogP contribution is -2.51. The molecule has 4 atom stereocenters. The molecule has 1 aromatic heterocycles. The molecule has 5 nitrogen and oxygen atoms in total. The van der Waals surface area contributed by atoms with Crippen LogP contribution in [0.5, 0.6) is 0 Å². The summed E-state index contributed by atoms with van der Waals surface area (Å²) in [6, 6.07) is 20.3. The van der Waals surface area contributed by atoms with Crippen molar-refractivity contribution in [2.75, 3.05) is 10.2 Å². The zero-order chi connectivity index (χ0) is 28.6. The van der Waals surface area contributed by atoms with E-state index in [9.17, 15) is 14.4 Å². The molecule has 4 heterocycles. The quantitative estimate of drug-likeness (QED) is 0.245. The van der Waals surface area contributed by atoms with Gasteiger partial charge < -0.3 is 10.2 Å². The Morgan fingerprint density at radius 2 is 1.76 bits per heavy atom. The second-order valence-corrected chi connectivity index (χ2v) is 12.6. The fourth-order valence-electron chi connectivity index (χ4n) is 6.97. The fraction of sp³-hybridized carbons (Fsp3) is 0.182. The molecular formula is C33H24Cl2N2O3S. The Morgan fingerprint density at radius 1 is 0.951 bits per heavy atom. The van der Waals surface area contributed by atoms with Crippen LogP contribution in [0.3, 0.4) is 0 Å². The number of amides is 1. The molecule has 4 aromatic rings. The summed E-state index contributed by atoms with van der Waals surface area (Å²) in [5, 5.41) is 5.47. The summed E-state index contributed by atoms with van der Waals surface area (Å²) >= 11 is 14.1. The zero-order valence-corrected chi connectivity index (χ0v) is 24.5. The lowest BCUT2D eigenvalue weighted by molar-refractivity contribution is -0.121. The number of benzene rings is 3. The third kappa shape index (κ3) is 3.64. The minimum absolute atomic E-state index is 0.180. The summed E-state index contributed by atoms with van der Waals surface area (Å²) in [5.41, 5.74) is 4.04. The Bertz CT molecular complexity index is 1810. The first-order valence-corrected chi connectivity index (χ1v) is 14.9. The Labute approximate surface area is 251 Å². The summed E-state index contributed by atoms with van der Waals surface area (Å²) in [4.78, 5) is 46.4. The highest BCUT2D eigenvalue weighted by Gasteiger charge is 2.70. The molecule has 0 unspecified atom stereocenters. The van der Waals surface area contributed by atoms with Crippen LogP contribution in [0.25, 0.3) is 5.57 Å². The SMILES string of the molecule is CC1=C[C@@H]2N(c3ccc(C)cc31)[C@H](C(=O)c1cccs1)[C@H](C(=O)c1ccc(Cl)cc1Cl)[C@]21C(=O)Nc2ccccc21. The van der Waals surface area contributed by atoms with Crippen LogP contribution in [-0.2, 0) is 10.2 Å². The minimum atomic E-state index is -1.39. The normalized spacial score (nSPS) is 24.0. The number of hydrogen-bond donors (Lipinski definition) is 1. The molecule has 1 spiro atoms. The van der Waals surface area contributed by atoms with Crippen molar-refractivity contribution in [1.82, 2.24) is 0 Å². The Morgan fingerprint density at radius 3 is 2.51 bits per heavy atom. The van der Waals surface area contributed by atoms with Crippen LogP contribution < -0.4 is 10.2 Å². The molecular weight excluding hydrogens is 575 g/mol. The highest BCUT2D eigenvalue weighted by molar-refractivity contribution is 7.12. The first-order chi connectivity index (χ1) is 19.7. The molecule has 0 bridgehead atoms. The van der Waals surface area contributed by atoms with Crippen LogP contribution in [0, 0.1) is 12.8 Å². The van der Waals surface area contributed by atoms with Crippen molar-refractivity contribution in [3.8, 4) is 0 Å². The first-order valence-electron chi connectivity index (χ1n) is 13.3. The summed E-state index contributed by atoms with van der Waals surface area (Å²) < 4.78 is 0. The molecule has 7 rings (SSSR count). The van der Waals surface area contributed by atoms with Crippen LogP contribution in [0.4, 0.5) is 11.4 Å². The number of thiophene rings is 1. The van der Waals surface area contributed by atoms with Gasteiger partial charge in [0.15, 0.2) is 11.6 Å². The van der Waals surface area contributed by atoms with E-state index >= 15 is 0 Å². The van der Waals surface area contributed by atoms with E-state index in [1.54, 1.807) is 18.2 Å². The number of aryl methyl sites for hydroxylation is 1. The molecule has 0 radical (unpaired) electrons. The summed E-state index contributed by atoms with van der Waals surface area (Å²) in [6.07, 6.45) is 2.05. The van der Waals surface area contributed by atoms with Crippen LogP contribution in [0.15, 0.2) is 84.3 Å². The molecule has 3 aliphatic rings. The smallest absolute Gasteiger partial charge is 0.238 e. The van der Waals surface area contributed by atoms with Crippen molar-refractivity contribution in [2.45, 2.75) is 31.3 Å². The largest absolute Gasteiger partial charge is 0.352 e. The van der Waals surface area contributed by atoms with Crippen molar-refractivity contribution in [3.63, 3.8) is 0 Å². The van der Waals surface area contributed by atoms with E-state index < -0.39 is 23.4 Å². The van der Waals surface area contributed by atoms with Gasteiger partial charge in [0, 0.05) is 27.5 Å². The number of Topliss-reactive ketones (excluding diaryl/α,β-unsaturated/α-hetero) is 2. The number of hydrogen-bond acceptors (Lipinski definition) is 5. The highest BCUT2D eigenvalue weighted by Crippen LogP contribution is 2.59. The number of para-hydroxylation sites is 1. The van der Waals surface area contributed by atoms with Crippen molar-refractivity contribution < 1.29 is 14.4 Å². The van der Waals surface area contributed by atoms with Crippen molar-refractivity contribution >= 4 is 69.0 Å². The molecule has 0 aliphatic carbocycles. The van der Waals surface area contributed by atoms with Gasteiger partial charge in [0.25, 0.3) is 0 Å². The monoisotopic (exact) mass is 598 g/mol. The van der Waals surface area contributed by atoms with E-state index in [1.165, 1.54) is 17.4 Å². The van der Waals surface area contributed by atoms with Gasteiger partial charge >= 0.3 is 0 Å². The van der Waals surface area contributed by atoms with Gasteiger partial charge in [-0.2, -0.15) is 0 Å². The first kappa shape index (κ1) is 26.2. The molecule has 8 heteroatoms. The number of ketones is 2. The molecule has 3 aromatic carbocycles. The minimum Gasteiger partial charge on any atom is -0.352 e. The summed E-state index contributed by atoms with van der Waals surface area (Å²) in [6.45, 7) is 4.04. The predicted octanol–water partition coefficient (Wildman–Crippen LogP) is 7.61. The van der Waals surface area contributed by atoms with Crippen LogP contribution in [0.2, 0.25) is 10.0 Å². The van der Waals surface area contributed by atoms with E-state index in [2.05, 4.69) is 17.5 Å². The van der Waals surface area contributed by atoms with Gasteiger partial charge in [-0.1, -0.05) is 65.2 Å². The third-order valence-electron chi connectivity index (χ3n) is 8.64. The van der Waals surface area contributed by atoms with Gasteiger partial charge in [-0.3, -0.25) is 14.4 Å². The average Bonchev–Trinajstić information content (AvgIpc) is 3.65. The van der Waals surface area contributed by atoms with Crippen LogP contribution >= 0.6 is 34.5 Å². The summed E-state index contributed by atoms with van der Waals surface area (Å²) in [5.74, 6) is -1.97. The van der Waals surface area contributed by atoms with Gasteiger partial charge in [-0.25, -0.2) is 0 Å². The number of anilines is 2. The van der Waals surface area contributed by atoms with Gasteiger partial charge in [-0.15, -0.1) is 11.3 Å². The maximum atomic E-state index is 14.9. The molecule has 1 amide bonds. The van der Waals surface area contributed by atoms with Crippen molar-refractivity contribution in [2.24, 2.45) is 5.92 Å². The second-order valence-electron chi connectivity index (χ2n) is 10.8. The number of fused-ring (bicyclic) bond motifs is 6. The molecule has 1 saturated heterocycles. The zero-order valence-electron chi connectivity index (χ0n) is 22.2. The molecule has 3 aliphatic heterocycles. The van der Waals surface area contributed by atoms with E-state index in [0.29, 0.717) is 21.2 Å². The van der Waals surface area contributed by atoms with Gasteiger partial charge in [0.1, 0.15) is 11.5 Å². The topological polar surface area (TPSA) is 66.5 Å². The number of rotatable bonds is 4. The Balaban J connectivity index is 1.57. The second kappa shape index (κ2) is 9.41. The van der Waals surface area contributed by atoms with Crippen molar-refractivity contribution in [3.05, 3.63) is 121 Å². The average molecular weight is 600 g/mol. The number of allylic oxidation sites excluding steroid dienone is 1. The number of carbonyl (C=O) groups excluding carboxylic acids is 3. The van der Waals surface area contributed by atoms with Gasteiger partial charge in [-0.05, 0) is 72.8 Å². The van der Waals surface area contributed by atoms with Crippen molar-refractivity contribution in [1.29, 1.82) is 0 Å². The van der Waals surface area contributed by atoms with E-state index in [-0.39, 0.29) is 28.1 Å². The van der Waals surface area contributed by atoms with E-state index in [1.807, 2.05) is 66.6 Å². The molecule has 1 fully saturated rings. The molecule has 1 N–H and O–H groups in total. The number of halogens is 2. The van der Waals surface area contributed by atoms with E-state index in [0.717, 1.165) is 22.4 Å². The standard InChI is InChI=1S/C33H24Cl2N2O3S/c1-17-9-12-25-21(14-17)18(2)15-27-33(22-6-3-4-7-24(22)36-32(33)40)28(30(38)20-11-10-19(34)16-23(20)35)29(37(25)27)31(39)26-8-5-13-41-26/h3-16,27-29H,1-2H3,(H,36,40)/t27-,28+,29-,33+/m0/s1. The van der Waals surface area contributed by atoms with Crippen LogP contribution in [-0.4, -0.2) is 29.6 Å². The molecule has 204 valence electrons. The van der Waals surface area contributed by atoms with Crippen LogP contribution in [0.1, 0.15) is 43.6 Å². The van der Waals surface area contributed by atoms with Gasteiger partial charge in [0.2, 0.25) is 5.91 Å². The highest BCUT2D eigenvalue weighted by atomic mass is 35.5. The predicted molar refractivity (Wildman–Crippen MR) is 165 cm³/mol. The fourth-order valence-corrected chi connectivity index (χ4v) is 8.17. The Hall–Kier alpha value is -3.71. The third-order valence-corrected chi connectivity index (χ3v) is 10.1. The Kier molecular flexibility index (Phi) is 6.02. The summed E-state index contributed by atoms with van der Waals surface area (Å²) in [7, 11) is 0. The number of nitrogens with one attached hydrogen (secondary N) is 1. The molecule has 41 heavy (non-hydrogen) atoms. The lowest BCUT2D eigenvalue weighted by atomic mass is 9.64. The number of carbonyl (C=O) groups is 3. The maximum absolute atomic E-state index is 14.9. The van der Waals surface area contributed by atoms with Gasteiger partial charge in [0.05, 0.1) is 21.9 Å². The number of nitrogens with zero attached hydrogens (tertiary/aromatic N) is 1.